The maximum atomic E-state index is 15.0. The van der Waals surface area contributed by atoms with E-state index in [0.717, 1.165) is 29.5 Å². The van der Waals surface area contributed by atoms with Crippen molar-refractivity contribution in [1.82, 2.24) is 30.9 Å². The molecule has 60 heavy (non-hydrogen) atoms. The van der Waals surface area contributed by atoms with Gasteiger partial charge in [-0.3, -0.25) is 24.0 Å². The van der Waals surface area contributed by atoms with E-state index in [-0.39, 0.29) is 50.6 Å². The molecule has 0 spiro atoms. The van der Waals surface area contributed by atoms with Crippen molar-refractivity contribution in [3.05, 3.63) is 83.7 Å². The molecule has 1 aliphatic rings. The molecular weight excluding hydrogens is 783 g/mol. The molecule has 0 saturated carbocycles. The molecule has 0 radical (unpaired) electrons. The van der Waals surface area contributed by atoms with Gasteiger partial charge in [0, 0.05) is 55.2 Å². The fourth-order valence-electron chi connectivity index (χ4n) is 6.68. The van der Waals surface area contributed by atoms with Gasteiger partial charge in [-0.2, -0.15) is 0 Å². The first kappa shape index (κ1) is 46.7. The molecule has 1 aromatic heterocycles. The number of carbonyl (C=O) groups excluding carboxylic acids is 6. The minimum absolute atomic E-state index is 0.00439. The zero-order chi connectivity index (χ0) is 44.3. The van der Waals surface area contributed by atoms with E-state index < -0.39 is 88.6 Å². The molecule has 324 valence electrons. The van der Waals surface area contributed by atoms with Gasteiger partial charge in [0.05, 0.1) is 6.04 Å². The third kappa shape index (κ3) is 13.0. The minimum atomic E-state index is -1.35. The number of nitrogens with zero attached hydrogens (tertiary/aromatic N) is 2. The summed E-state index contributed by atoms with van der Waals surface area (Å²) in [6.45, 7) is 11.2. The highest BCUT2D eigenvalue weighted by Gasteiger charge is 2.34. The molecule has 5 N–H and O–H groups in total. The van der Waals surface area contributed by atoms with Crippen molar-refractivity contribution in [2.24, 2.45) is 11.3 Å². The zero-order valence-corrected chi connectivity index (χ0v) is 34.7. The van der Waals surface area contributed by atoms with Crippen LogP contribution in [0.5, 0.6) is 0 Å². The molecule has 1 aliphatic heterocycles. The summed E-state index contributed by atoms with van der Waals surface area (Å²) < 4.78 is 31.2. The Morgan fingerprint density at radius 3 is 2.15 bits per heavy atom. The van der Waals surface area contributed by atoms with Crippen molar-refractivity contribution in [2.45, 2.75) is 111 Å². The Morgan fingerprint density at radius 2 is 1.53 bits per heavy atom. The lowest BCUT2D eigenvalue weighted by Gasteiger charge is -2.33. The molecule has 4 atom stereocenters. The molecule has 0 unspecified atom stereocenters. The van der Waals surface area contributed by atoms with Crippen molar-refractivity contribution in [3.63, 3.8) is 0 Å². The van der Waals surface area contributed by atoms with Crippen molar-refractivity contribution < 1.29 is 52.3 Å². The number of rotatable bonds is 20. The number of benzene rings is 2. The first-order valence-corrected chi connectivity index (χ1v) is 19.9. The van der Waals surface area contributed by atoms with E-state index in [2.05, 4.69) is 21.3 Å². The number of aromatic nitrogens is 1. The molecule has 15 nitrogen and oxygen atoms in total. The molecule has 0 aliphatic carbocycles. The number of hydrogen-bond acceptors (Lipinski definition) is 9. The first-order valence-electron chi connectivity index (χ1n) is 19.9. The summed E-state index contributed by atoms with van der Waals surface area (Å²) in [6.07, 6.45) is 1.16. The second kappa shape index (κ2) is 20.8. The first-order chi connectivity index (χ1) is 28.2. The molecule has 2 aromatic carbocycles. The minimum Gasteiger partial charge on any atom is -0.480 e. The van der Waals surface area contributed by atoms with E-state index in [1.165, 1.54) is 6.92 Å². The topological polar surface area (TPSA) is 205 Å². The number of carboxylic acids is 1. The number of carboxylic acid groups (broad SMARTS) is 1. The number of hydroxylamine groups is 2. The lowest BCUT2D eigenvalue weighted by atomic mass is 9.84. The van der Waals surface area contributed by atoms with Crippen molar-refractivity contribution in [1.29, 1.82) is 0 Å². The zero-order valence-electron chi connectivity index (χ0n) is 34.7. The highest BCUT2D eigenvalue weighted by Crippen LogP contribution is 2.37. The molecule has 1 saturated heterocycles. The Labute approximate surface area is 347 Å². The van der Waals surface area contributed by atoms with E-state index in [0.29, 0.717) is 17.2 Å². The van der Waals surface area contributed by atoms with Crippen LogP contribution in [0.4, 0.5) is 8.78 Å². The lowest BCUT2D eigenvalue weighted by Crippen LogP contribution is -2.56. The SMILES string of the molecule is CC(C)[C@H](NC(=O)CCCC(=O)ON1C(=O)CCC1=O)C(=O)N[C@@H](C)C(=O)N[C@@H](CCN[C@@H](c1cc(-c2cc(F)ccc2F)cn1Cc1ccccc1)C(C)(C)C)C(=O)O. The van der Waals surface area contributed by atoms with Crippen LogP contribution in [0.2, 0.25) is 0 Å². The molecule has 0 bridgehead atoms. The Kier molecular flexibility index (Phi) is 16.2. The average molecular weight is 837 g/mol. The summed E-state index contributed by atoms with van der Waals surface area (Å²) in [6, 6.07) is 10.6. The molecule has 2 heterocycles. The Hall–Kier alpha value is -5.97. The number of imide groups is 1. The summed E-state index contributed by atoms with van der Waals surface area (Å²) in [5.74, 6) is -7.04. The highest BCUT2D eigenvalue weighted by molar-refractivity contribution is 6.01. The number of amides is 5. The van der Waals surface area contributed by atoms with Crippen molar-refractivity contribution in [3.8, 4) is 11.1 Å². The number of hydrogen-bond donors (Lipinski definition) is 5. The van der Waals surface area contributed by atoms with Crippen molar-refractivity contribution >= 4 is 41.5 Å². The Balaban J connectivity index is 1.36. The maximum absolute atomic E-state index is 15.0. The average Bonchev–Trinajstić information content (AvgIpc) is 3.72. The van der Waals surface area contributed by atoms with E-state index >= 15 is 0 Å². The van der Waals surface area contributed by atoms with Crippen LogP contribution in [0, 0.1) is 23.0 Å². The van der Waals surface area contributed by atoms with Gasteiger partial charge in [-0.15, -0.1) is 5.06 Å². The fraction of sp³-hybridized carbons (Fsp3) is 0.465. The van der Waals surface area contributed by atoms with Crippen LogP contribution in [0.3, 0.4) is 0 Å². The summed E-state index contributed by atoms with van der Waals surface area (Å²) in [4.78, 5) is 91.6. The molecule has 17 heteroatoms. The van der Waals surface area contributed by atoms with Gasteiger partial charge in [-0.1, -0.05) is 65.0 Å². The second-order valence-corrected chi connectivity index (χ2v) is 16.3. The smallest absolute Gasteiger partial charge is 0.333 e. The maximum Gasteiger partial charge on any atom is 0.333 e. The molecule has 1 fully saturated rings. The van der Waals surface area contributed by atoms with Gasteiger partial charge < -0.3 is 35.8 Å². The van der Waals surface area contributed by atoms with Crippen LogP contribution in [-0.4, -0.2) is 80.9 Å². The van der Waals surface area contributed by atoms with E-state index in [9.17, 15) is 47.4 Å². The standard InChI is InChI=1S/C43H54F2N6O9/c1-25(2)38(49-34(52)13-10-14-37(55)60-51-35(53)17-18-36(51)54)41(57)47-26(3)40(56)48-32(42(58)59)19-20-46-39(43(4,5)6)33-21-28(30-22-29(44)15-16-31(30)45)24-50(33)23-27-11-8-7-9-12-27/h7-9,11-12,15-16,21-22,24-26,32,38-39,46H,10,13-14,17-20,23H2,1-6H3,(H,47,57)(H,48,56)(H,49,52)(H,58,59)/t26-,32-,38-,39-/m0/s1. The van der Waals surface area contributed by atoms with Gasteiger partial charge in [-0.05, 0) is 67.5 Å². The molecule has 3 aromatic rings. The number of halogens is 2. The summed E-state index contributed by atoms with van der Waals surface area (Å²) in [5, 5.41) is 21.5. The van der Waals surface area contributed by atoms with E-state index in [4.69, 9.17) is 4.84 Å². The van der Waals surface area contributed by atoms with Gasteiger partial charge >= 0.3 is 11.9 Å². The van der Waals surface area contributed by atoms with Gasteiger partial charge in [0.15, 0.2) is 0 Å². The summed E-state index contributed by atoms with van der Waals surface area (Å²) >= 11 is 0. The van der Waals surface area contributed by atoms with Crippen molar-refractivity contribution in [2.75, 3.05) is 6.54 Å². The number of aliphatic carboxylic acids is 1. The quantitative estimate of drug-likeness (QED) is 0.101. The monoisotopic (exact) mass is 836 g/mol. The second-order valence-electron chi connectivity index (χ2n) is 16.3. The Morgan fingerprint density at radius 1 is 0.867 bits per heavy atom. The van der Waals surface area contributed by atoms with E-state index in [1.54, 1.807) is 26.1 Å². The normalized spacial score (nSPS) is 15.0. The molecule has 5 amide bonds. The molecule has 4 rings (SSSR count). The van der Waals surface area contributed by atoms with Gasteiger partial charge in [0.2, 0.25) is 17.7 Å². The predicted octanol–water partition coefficient (Wildman–Crippen LogP) is 4.54. The lowest BCUT2D eigenvalue weighted by molar-refractivity contribution is -0.197. The largest absolute Gasteiger partial charge is 0.480 e. The summed E-state index contributed by atoms with van der Waals surface area (Å²) in [5.41, 5.74) is 1.82. The van der Waals surface area contributed by atoms with Gasteiger partial charge in [0.25, 0.3) is 11.8 Å². The van der Waals surface area contributed by atoms with Gasteiger partial charge in [-0.25, -0.2) is 18.4 Å². The van der Waals surface area contributed by atoms with Crippen LogP contribution in [0.25, 0.3) is 11.1 Å². The summed E-state index contributed by atoms with van der Waals surface area (Å²) in [7, 11) is 0. The molecular formula is C43H54F2N6O9. The Bertz CT molecular complexity index is 2030. The van der Waals surface area contributed by atoms with Crippen LogP contribution in [0.15, 0.2) is 60.8 Å². The third-order valence-corrected chi connectivity index (χ3v) is 9.92. The van der Waals surface area contributed by atoms with Crippen LogP contribution < -0.4 is 21.3 Å². The third-order valence-electron chi connectivity index (χ3n) is 9.92. The predicted molar refractivity (Wildman–Crippen MR) is 215 cm³/mol. The number of nitrogens with one attached hydrogen (secondary N) is 4. The van der Waals surface area contributed by atoms with Crippen LogP contribution in [0.1, 0.15) is 97.4 Å². The number of carbonyl (C=O) groups is 7. The van der Waals surface area contributed by atoms with Gasteiger partial charge in [0.1, 0.15) is 29.8 Å². The fourth-order valence-corrected chi connectivity index (χ4v) is 6.68. The van der Waals surface area contributed by atoms with Crippen LogP contribution >= 0.6 is 0 Å². The highest BCUT2D eigenvalue weighted by atomic mass is 19.1. The van der Waals surface area contributed by atoms with Crippen LogP contribution in [-0.2, 0) is 44.9 Å². The van der Waals surface area contributed by atoms with E-state index in [1.807, 2.05) is 55.7 Å².